The predicted molar refractivity (Wildman–Crippen MR) is 110 cm³/mol. The molecule has 0 saturated carbocycles. The average molecular weight is 411 g/mol. The standard InChI is InChI=1S/C21H21N3O4S/c1-24(13-15-3-9-18(29-2)10-4-15)20(26)14-28-21(27)16-5-7-17(8-6-16)23-19(25)11-12-22/h3-10H,11,13-14H2,1-2H3,(H,23,25). The van der Waals surface area contributed by atoms with Crippen molar-refractivity contribution in [3.8, 4) is 6.07 Å². The van der Waals surface area contributed by atoms with Crippen LogP contribution in [0.5, 0.6) is 0 Å². The van der Waals surface area contributed by atoms with Crippen molar-refractivity contribution in [2.45, 2.75) is 17.9 Å². The number of anilines is 1. The minimum atomic E-state index is -0.633. The van der Waals surface area contributed by atoms with Crippen LogP contribution >= 0.6 is 11.8 Å². The van der Waals surface area contributed by atoms with E-state index in [0.717, 1.165) is 10.5 Å². The van der Waals surface area contributed by atoms with Crippen molar-refractivity contribution < 1.29 is 19.1 Å². The van der Waals surface area contributed by atoms with Gasteiger partial charge in [0.05, 0.1) is 11.6 Å². The largest absolute Gasteiger partial charge is 0.452 e. The second-order valence-electron chi connectivity index (χ2n) is 6.13. The number of likely N-dealkylation sites (N-methyl/N-ethyl adjacent to an activating group) is 1. The zero-order valence-corrected chi connectivity index (χ0v) is 17.0. The SMILES string of the molecule is CSc1ccc(CN(C)C(=O)COC(=O)c2ccc(NC(=O)CC#N)cc2)cc1. The normalized spacial score (nSPS) is 9.97. The lowest BCUT2D eigenvalue weighted by atomic mass is 10.2. The van der Waals surface area contributed by atoms with Crippen LogP contribution in [0, 0.1) is 11.3 Å². The second-order valence-corrected chi connectivity index (χ2v) is 7.01. The Hall–Kier alpha value is -3.31. The van der Waals surface area contributed by atoms with Crippen LogP contribution in [0.3, 0.4) is 0 Å². The number of rotatable bonds is 8. The molecule has 0 radical (unpaired) electrons. The molecular formula is C21H21N3O4S. The van der Waals surface area contributed by atoms with Crippen molar-refractivity contribution in [1.29, 1.82) is 5.26 Å². The van der Waals surface area contributed by atoms with Gasteiger partial charge in [-0.05, 0) is 48.2 Å². The first-order chi connectivity index (χ1) is 13.9. The maximum Gasteiger partial charge on any atom is 0.338 e. The first kappa shape index (κ1) is 22.0. The van der Waals surface area contributed by atoms with Crippen LogP contribution in [0.15, 0.2) is 53.4 Å². The van der Waals surface area contributed by atoms with E-state index < -0.39 is 11.9 Å². The van der Waals surface area contributed by atoms with Crippen molar-refractivity contribution in [2.24, 2.45) is 0 Å². The lowest BCUT2D eigenvalue weighted by molar-refractivity contribution is -0.133. The Morgan fingerprint density at radius 3 is 2.34 bits per heavy atom. The number of nitrogens with one attached hydrogen (secondary N) is 1. The highest BCUT2D eigenvalue weighted by atomic mass is 32.2. The molecule has 1 N–H and O–H groups in total. The number of hydrogen-bond donors (Lipinski definition) is 1. The molecule has 0 aliphatic heterocycles. The Bertz CT molecular complexity index is 905. The maximum atomic E-state index is 12.2. The Morgan fingerprint density at radius 1 is 1.10 bits per heavy atom. The molecule has 0 spiro atoms. The van der Waals surface area contributed by atoms with Crippen LogP contribution in [0.25, 0.3) is 0 Å². The van der Waals surface area contributed by atoms with Crippen molar-refractivity contribution in [3.63, 3.8) is 0 Å². The number of esters is 1. The van der Waals surface area contributed by atoms with Gasteiger partial charge in [0.25, 0.3) is 5.91 Å². The van der Waals surface area contributed by atoms with E-state index in [4.69, 9.17) is 10.00 Å². The fraction of sp³-hybridized carbons (Fsp3) is 0.238. The molecule has 0 atom stereocenters. The molecule has 0 heterocycles. The van der Waals surface area contributed by atoms with Crippen LogP contribution in [0.4, 0.5) is 5.69 Å². The fourth-order valence-corrected chi connectivity index (χ4v) is 2.79. The molecule has 0 aromatic heterocycles. The van der Waals surface area contributed by atoms with E-state index in [1.807, 2.05) is 30.5 Å². The molecule has 7 nitrogen and oxygen atoms in total. The summed E-state index contributed by atoms with van der Waals surface area (Å²) < 4.78 is 5.08. The first-order valence-electron chi connectivity index (χ1n) is 8.74. The molecule has 2 aromatic rings. The predicted octanol–water partition coefficient (Wildman–Crippen LogP) is 3.08. The number of benzene rings is 2. The van der Waals surface area contributed by atoms with Gasteiger partial charge < -0.3 is 15.0 Å². The molecule has 150 valence electrons. The summed E-state index contributed by atoms with van der Waals surface area (Å²) in [5, 5.41) is 11.0. The van der Waals surface area contributed by atoms with Crippen LogP contribution < -0.4 is 5.32 Å². The average Bonchev–Trinajstić information content (AvgIpc) is 2.73. The lowest BCUT2D eigenvalue weighted by Crippen LogP contribution is -2.30. The van der Waals surface area contributed by atoms with Gasteiger partial charge in [-0.3, -0.25) is 9.59 Å². The molecule has 8 heteroatoms. The van der Waals surface area contributed by atoms with Crippen molar-refractivity contribution in [2.75, 3.05) is 25.2 Å². The number of nitriles is 1. The summed E-state index contributed by atoms with van der Waals surface area (Å²) >= 11 is 1.65. The van der Waals surface area contributed by atoms with Crippen LogP contribution in [-0.4, -0.2) is 42.6 Å². The number of hydrogen-bond acceptors (Lipinski definition) is 6. The van der Waals surface area contributed by atoms with E-state index in [1.165, 1.54) is 29.2 Å². The maximum absolute atomic E-state index is 12.2. The third-order valence-electron chi connectivity index (χ3n) is 3.98. The van der Waals surface area contributed by atoms with Crippen LogP contribution in [0.1, 0.15) is 22.3 Å². The summed E-state index contributed by atoms with van der Waals surface area (Å²) in [6.45, 7) is 0.0566. The highest BCUT2D eigenvalue weighted by molar-refractivity contribution is 7.98. The summed E-state index contributed by atoms with van der Waals surface area (Å²) in [4.78, 5) is 38.3. The minimum Gasteiger partial charge on any atom is -0.452 e. The quantitative estimate of drug-likeness (QED) is 0.529. The molecule has 2 amide bonds. The van der Waals surface area contributed by atoms with Gasteiger partial charge in [0.2, 0.25) is 5.91 Å². The van der Waals surface area contributed by atoms with Crippen LogP contribution in [0.2, 0.25) is 0 Å². The highest BCUT2D eigenvalue weighted by Gasteiger charge is 2.14. The Kier molecular flexibility index (Phi) is 8.25. The van der Waals surface area contributed by atoms with Gasteiger partial charge in [-0.2, -0.15) is 5.26 Å². The zero-order chi connectivity index (χ0) is 21.2. The Balaban J connectivity index is 1.83. The van der Waals surface area contributed by atoms with Gasteiger partial charge >= 0.3 is 5.97 Å². The molecular weight excluding hydrogens is 390 g/mol. The molecule has 0 unspecified atom stereocenters. The van der Waals surface area contributed by atoms with Crippen LogP contribution in [-0.2, 0) is 20.9 Å². The number of thioether (sulfide) groups is 1. The number of ether oxygens (including phenoxy) is 1. The summed E-state index contributed by atoms with van der Waals surface area (Å²) in [5.41, 5.74) is 1.70. The van der Waals surface area contributed by atoms with E-state index in [-0.39, 0.29) is 24.5 Å². The Morgan fingerprint density at radius 2 is 1.76 bits per heavy atom. The van der Waals surface area contributed by atoms with E-state index in [0.29, 0.717) is 12.2 Å². The summed E-state index contributed by atoms with van der Waals surface area (Å²) in [7, 11) is 1.65. The molecule has 0 saturated heterocycles. The van der Waals surface area contributed by atoms with Crippen molar-refractivity contribution in [1.82, 2.24) is 4.90 Å². The lowest BCUT2D eigenvalue weighted by Gasteiger charge is -2.17. The number of nitrogens with zero attached hydrogens (tertiary/aromatic N) is 2. The summed E-state index contributed by atoms with van der Waals surface area (Å²) in [6.07, 6.45) is 1.75. The zero-order valence-electron chi connectivity index (χ0n) is 16.2. The highest BCUT2D eigenvalue weighted by Crippen LogP contribution is 2.16. The Labute approximate surface area is 173 Å². The molecule has 2 rings (SSSR count). The van der Waals surface area contributed by atoms with Gasteiger partial charge in [0, 0.05) is 24.2 Å². The number of amides is 2. The number of carbonyl (C=O) groups is 3. The second kappa shape index (κ2) is 10.9. The van der Waals surface area contributed by atoms with Gasteiger partial charge in [-0.15, -0.1) is 11.8 Å². The summed E-state index contributed by atoms with van der Waals surface area (Å²) in [6, 6.07) is 15.7. The minimum absolute atomic E-state index is 0.249. The van der Waals surface area contributed by atoms with E-state index in [2.05, 4.69) is 5.32 Å². The molecule has 0 aliphatic rings. The van der Waals surface area contributed by atoms with Crippen molar-refractivity contribution in [3.05, 3.63) is 59.7 Å². The van der Waals surface area contributed by atoms with Crippen molar-refractivity contribution >= 4 is 35.2 Å². The fourth-order valence-electron chi connectivity index (χ4n) is 2.38. The van der Waals surface area contributed by atoms with Gasteiger partial charge in [0.15, 0.2) is 6.61 Å². The van der Waals surface area contributed by atoms with E-state index in [9.17, 15) is 14.4 Å². The van der Waals surface area contributed by atoms with Gasteiger partial charge in [-0.1, -0.05) is 12.1 Å². The first-order valence-corrected chi connectivity index (χ1v) is 9.96. The molecule has 0 fully saturated rings. The molecule has 0 bridgehead atoms. The third-order valence-corrected chi connectivity index (χ3v) is 4.72. The number of carbonyl (C=O) groups excluding carboxylic acids is 3. The van der Waals surface area contributed by atoms with E-state index in [1.54, 1.807) is 24.9 Å². The molecule has 0 aliphatic carbocycles. The molecule has 29 heavy (non-hydrogen) atoms. The molecule has 2 aromatic carbocycles. The smallest absolute Gasteiger partial charge is 0.338 e. The van der Waals surface area contributed by atoms with E-state index >= 15 is 0 Å². The topological polar surface area (TPSA) is 99.5 Å². The van der Waals surface area contributed by atoms with Gasteiger partial charge in [0.1, 0.15) is 6.42 Å². The monoisotopic (exact) mass is 411 g/mol. The third kappa shape index (κ3) is 6.97. The summed E-state index contributed by atoms with van der Waals surface area (Å²) in [5.74, 6) is -1.38. The van der Waals surface area contributed by atoms with Gasteiger partial charge in [-0.25, -0.2) is 4.79 Å².